The highest BCUT2D eigenvalue weighted by molar-refractivity contribution is 6.39. The number of aliphatic imine (C=N–C) groups is 4. The molecule has 0 bridgehead atoms. The van der Waals surface area contributed by atoms with E-state index in [-0.39, 0.29) is 11.1 Å². The van der Waals surface area contributed by atoms with Gasteiger partial charge in [-0.2, -0.15) is 4.99 Å². The molecule has 1 fully saturated rings. The van der Waals surface area contributed by atoms with Crippen LogP contribution in [0.15, 0.2) is 20.0 Å². The van der Waals surface area contributed by atoms with Gasteiger partial charge in [-0.25, -0.2) is 15.0 Å². The monoisotopic (exact) mass is 527 g/mol. The van der Waals surface area contributed by atoms with Gasteiger partial charge in [0.1, 0.15) is 12.1 Å². The van der Waals surface area contributed by atoms with Crippen LogP contribution in [-0.2, 0) is 4.84 Å². The second-order valence-corrected chi connectivity index (χ2v) is 13.1. The van der Waals surface area contributed by atoms with Crippen molar-refractivity contribution in [2.24, 2.45) is 20.0 Å². The molecule has 3 aliphatic heterocycles. The minimum atomic E-state index is -0.642. The van der Waals surface area contributed by atoms with Gasteiger partial charge >= 0.3 is 6.02 Å². The molecule has 0 aromatic rings. The van der Waals surface area contributed by atoms with Crippen molar-refractivity contribution in [2.75, 3.05) is 0 Å². The van der Waals surface area contributed by atoms with Gasteiger partial charge in [0.2, 0.25) is 5.66 Å². The summed E-state index contributed by atoms with van der Waals surface area (Å²) in [6, 6.07) is 0.419. The van der Waals surface area contributed by atoms with Crippen LogP contribution in [0.4, 0.5) is 0 Å². The molecule has 0 spiro atoms. The zero-order valence-electron chi connectivity index (χ0n) is 25.4. The lowest BCUT2D eigenvalue weighted by atomic mass is 9.82. The van der Waals surface area contributed by atoms with E-state index < -0.39 is 5.66 Å². The first kappa shape index (κ1) is 31.0. The SMILES string of the molecule is CCCCCCCCCCCCCCCCCCC12N=CN=C1C=NC(ON1C(C)(C)CCCC1(C)C)=N2. The lowest BCUT2D eigenvalue weighted by molar-refractivity contribution is -0.228. The smallest absolute Gasteiger partial charge is 0.334 e. The lowest BCUT2D eigenvalue weighted by Gasteiger charge is -2.50. The van der Waals surface area contributed by atoms with Crippen LogP contribution < -0.4 is 0 Å². The topological polar surface area (TPSA) is 61.9 Å². The Morgan fingerprint density at radius 2 is 1.24 bits per heavy atom. The molecule has 3 rings (SSSR count). The number of hydrogen-bond donors (Lipinski definition) is 0. The van der Waals surface area contributed by atoms with E-state index in [2.05, 4.69) is 49.7 Å². The summed E-state index contributed by atoms with van der Waals surface area (Å²) in [6.45, 7) is 11.3. The van der Waals surface area contributed by atoms with Gasteiger partial charge in [-0.05, 0) is 59.8 Å². The lowest BCUT2D eigenvalue weighted by Crippen LogP contribution is -2.59. The predicted molar refractivity (Wildman–Crippen MR) is 164 cm³/mol. The predicted octanol–water partition coefficient (Wildman–Crippen LogP) is 9.23. The van der Waals surface area contributed by atoms with E-state index in [9.17, 15) is 0 Å². The standard InChI is InChI=1S/C32H57N5O/c1-6-7-8-9-10-11-12-13-14-15-16-17-18-19-20-21-25-32-28(34-27-35-32)26-33-29(36-32)38-37-30(2,3)23-22-24-31(37,4)5/h26-27H,6-25H2,1-5H3. The minimum absolute atomic E-state index is 0.0614. The molecule has 0 aromatic carbocycles. The van der Waals surface area contributed by atoms with Gasteiger partial charge in [-0.3, -0.25) is 0 Å². The van der Waals surface area contributed by atoms with Gasteiger partial charge in [0, 0.05) is 0 Å². The molecule has 1 atom stereocenters. The quantitative estimate of drug-likeness (QED) is 0.167. The van der Waals surface area contributed by atoms with Crippen molar-refractivity contribution >= 4 is 24.3 Å². The summed E-state index contributed by atoms with van der Waals surface area (Å²) in [5.74, 6) is 0. The van der Waals surface area contributed by atoms with Gasteiger partial charge in [0.25, 0.3) is 0 Å². The maximum atomic E-state index is 6.39. The Morgan fingerprint density at radius 3 is 1.76 bits per heavy atom. The van der Waals surface area contributed by atoms with Crippen molar-refractivity contribution in [3.63, 3.8) is 0 Å². The average Bonchev–Trinajstić information content (AvgIpc) is 3.29. The van der Waals surface area contributed by atoms with Crippen LogP contribution in [0.1, 0.15) is 163 Å². The second kappa shape index (κ2) is 15.3. The molecule has 38 heavy (non-hydrogen) atoms. The van der Waals surface area contributed by atoms with Crippen LogP contribution >= 0.6 is 0 Å². The van der Waals surface area contributed by atoms with E-state index in [4.69, 9.17) is 14.8 Å². The summed E-state index contributed by atoms with van der Waals surface area (Å²) < 4.78 is 0. The Balaban J connectivity index is 1.31. The Morgan fingerprint density at radius 1 is 0.737 bits per heavy atom. The zero-order valence-corrected chi connectivity index (χ0v) is 25.4. The van der Waals surface area contributed by atoms with E-state index in [0.717, 1.165) is 31.4 Å². The first-order chi connectivity index (χ1) is 18.3. The molecule has 0 radical (unpaired) electrons. The summed E-state index contributed by atoms with van der Waals surface area (Å²) in [5.41, 5.74) is 0.0855. The first-order valence-corrected chi connectivity index (χ1v) is 16.0. The van der Waals surface area contributed by atoms with E-state index >= 15 is 0 Å². The van der Waals surface area contributed by atoms with Crippen molar-refractivity contribution in [2.45, 2.75) is 180 Å². The largest absolute Gasteiger partial charge is 0.364 e. The normalized spacial score (nSPS) is 23.8. The highest BCUT2D eigenvalue weighted by atomic mass is 16.7. The van der Waals surface area contributed by atoms with Gasteiger partial charge in [-0.1, -0.05) is 103 Å². The third-order valence-corrected chi connectivity index (χ3v) is 8.68. The fourth-order valence-corrected chi connectivity index (χ4v) is 6.40. The maximum absolute atomic E-state index is 6.39. The van der Waals surface area contributed by atoms with Crippen molar-refractivity contribution < 1.29 is 4.84 Å². The number of rotatable bonds is 18. The summed E-state index contributed by atoms with van der Waals surface area (Å²) in [7, 11) is 0. The molecule has 3 aliphatic rings. The molecule has 6 nitrogen and oxygen atoms in total. The highest BCUT2D eigenvalue weighted by Crippen LogP contribution is 2.39. The number of unbranched alkanes of at least 4 members (excludes halogenated alkanes) is 15. The van der Waals surface area contributed by atoms with Crippen molar-refractivity contribution in [1.29, 1.82) is 0 Å². The van der Waals surface area contributed by atoms with Crippen LogP contribution in [0.5, 0.6) is 0 Å². The molecule has 0 amide bonds. The van der Waals surface area contributed by atoms with Gasteiger partial charge in [0.05, 0.1) is 17.3 Å². The third kappa shape index (κ3) is 9.27. The number of nitrogens with zero attached hydrogens (tertiary/aromatic N) is 5. The summed E-state index contributed by atoms with van der Waals surface area (Å²) in [4.78, 5) is 25.0. The molecule has 0 aromatic heterocycles. The third-order valence-electron chi connectivity index (χ3n) is 8.68. The Hall–Kier alpha value is -1.56. The van der Waals surface area contributed by atoms with Crippen LogP contribution in [0, 0.1) is 0 Å². The molecule has 1 saturated heterocycles. The van der Waals surface area contributed by atoms with Gasteiger partial charge < -0.3 is 4.84 Å². The fraction of sp³-hybridized carbons (Fsp3) is 0.875. The number of piperidine rings is 1. The number of fused-ring (bicyclic) bond motifs is 1. The zero-order chi connectivity index (χ0) is 27.3. The molecule has 3 heterocycles. The average molecular weight is 528 g/mol. The van der Waals surface area contributed by atoms with Gasteiger partial charge in [-0.15, -0.1) is 5.06 Å². The molecular weight excluding hydrogens is 470 g/mol. The van der Waals surface area contributed by atoms with E-state index in [1.54, 1.807) is 6.34 Å². The van der Waals surface area contributed by atoms with E-state index in [1.165, 1.54) is 103 Å². The van der Waals surface area contributed by atoms with E-state index in [0.29, 0.717) is 6.02 Å². The Labute approximate surface area is 233 Å². The number of hydrogen-bond acceptors (Lipinski definition) is 6. The summed E-state index contributed by atoms with van der Waals surface area (Å²) in [6.07, 6.45) is 29.7. The maximum Gasteiger partial charge on any atom is 0.334 e. The highest BCUT2D eigenvalue weighted by Gasteiger charge is 2.46. The second-order valence-electron chi connectivity index (χ2n) is 13.1. The molecule has 216 valence electrons. The molecule has 6 heteroatoms. The number of hydroxylamine groups is 2. The fourth-order valence-electron chi connectivity index (χ4n) is 6.40. The first-order valence-electron chi connectivity index (χ1n) is 16.0. The Kier molecular flexibility index (Phi) is 12.5. The van der Waals surface area contributed by atoms with Crippen molar-refractivity contribution in [1.82, 2.24) is 5.06 Å². The van der Waals surface area contributed by atoms with Crippen LogP contribution in [-0.4, -0.2) is 46.1 Å². The summed E-state index contributed by atoms with van der Waals surface area (Å²) in [5, 5.41) is 2.11. The van der Waals surface area contributed by atoms with Crippen LogP contribution in [0.2, 0.25) is 0 Å². The van der Waals surface area contributed by atoms with Crippen LogP contribution in [0.3, 0.4) is 0 Å². The Bertz CT molecular complexity index is 812. The molecular formula is C32H57N5O. The number of amidine groups is 1. The van der Waals surface area contributed by atoms with E-state index in [1.807, 2.05) is 6.21 Å². The van der Waals surface area contributed by atoms with Crippen LogP contribution in [0.25, 0.3) is 0 Å². The summed E-state index contributed by atoms with van der Waals surface area (Å²) >= 11 is 0. The van der Waals surface area contributed by atoms with Gasteiger partial charge in [0.15, 0.2) is 0 Å². The van der Waals surface area contributed by atoms with Crippen molar-refractivity contribution in [3.05, 3.63) is 0 Å². The van der Waals surface area contributed by atoms with Crippen molar-refractivity contribution in [3.8, 4) is 0 Å². The molecule has 1 unspecified atom stereocenters. The molecule has 0 N–H and O–H groups in total. The minimum Gasteiger partial charge on any atom is -0.364 e. The molecule has 0 aliphatic carbocycles. The molecule has 0 saturated carbocycles.